The normalized spacial score (nSPS) is 10.5. The second-order valence-electron chi connectivity index (χ2n) is 6.42. The molecule has 0 radical (unpaired) electrons. The van der Waals surface area contributed by atoms with E-state index in [1.54, 1.807) is 26.4 Å². The molecule has 2 aromatic rings. The summed E-state index contributed by atoms with van der Waals surface area (Å²) in [6, 6.07) is 9.87. The van der Waals surface area contributed by atoms with Crippen LogP contribution in [-0.4, -0.2) is 37.3 Å². The fraction of sp³-hybridized carbons (Fsp3) is 0.333. The van der Waals surface area contributed by atoms with Crippen LogP contribution in [0.3, 0.4) is 0 Å². The molecule has 2 aromatic carbocycles. The van der Waals surface area contributed by atoms with Crippen LogP contribution in [-0.2, 0) is 11.2 Å². The number of carbonyl (C=O) groups excluding carboxylic acids is 1. The van der Waals surface area contributed by atoms with E-state index in [0.717, 1.165) is 5.56 Å². The number of amides is 1. The SMILES string of the molecule is COc1ccc(CCC(=O)Nc2cc(C(=O)O)ccc2OC(C)C)cc1OC. The van der Waals surface area contributed by atoms with Gasteiger partial charge in [0.1, 0.15) is 5.75 Å². The molecule has 2 rings (SSSR count). The number of aromatic carboxylic acids is 1. The van der Waals surface area contributed by atoms with Gasteiger partial charge in [-0.25, -0.2) is 4.79 Å². The topological polar surface area (TPSA) is 94.1 Å². The number of carboxylic acid groups (broad SMARTS) is 1. The highest BCUT2D eigenvalue weighted by Crippen LogP contribution is 2.29. The van der Waals surface area contributed by atoms with Crippen LogP contribution in [0, 0.1) is 0 Å². The average molecular weight is 387 g/mol. The van der Waals surface area contributed by atoms with Crippen molar-refractivity contribution >= 4 is 17.6 Å². The highest BCUT2D eigenvalue weighted by atomic mass is 16.5. The minimum Gasteiger partial charge on any atom is -0.493 e. The minimum atomic E-state index is -1.07. The molecule has 0 aliphatic carbocycles. The third kappa shape index (κ3) is 5.64. The zero-order chi connectivity index (χ0) is 20.7. The number of anilines is 1. The lowest BCUT2D eigenvalue weighted by Gasteiger charge is -2.16. The van der Waals surface area contributed by atoms with Crippen molar-refractivity contribution in [3.63, 3.8) is 0 Å². The summed E-state index contributed by atoms with van der Waals surface area (Å²) in [4.78, 5) is 23.6. The van der Waals surface area contributed by atoms with Gasteiger partial charge in [0, 0.05) is 6.42 Å². The third-order valence-corrected chi connectivity index (χ3v) is 3.95. The Kier molecular flexibility index (Phi) is 7.26. The van der Waals surface area contributed by atoms with Gasteiger partial charge in [0.15, 0.2) is 11.5 Å². The predicted octanol–water partition coefficient (Wildman–Crippen LogP) is 3.76. The minimum absolute atomic E-state index is 0.0753. The summed E-state index contributed by atoms with van der Waals surface area (Å²) in [5.41, 5.74) is 1.34. The van der Waals surface area contributed by atoms with E-state index in [-0.39, 0.29) is 24.0 Å². The molecule has 7 heteroatoms. The van der Waals surface area contributed by atoms with Gasteiger partial charge in [0.25, 0.3) is 0 Å². The largest absolute Gasteiger partial charge is 0.493 e. The first-order chi connectivity index (χ1) is 13.3. The Bertz CT molecular complexity index is 847. The number of carboxylic acids is 1. The molecule has 2 N–H and O–H groups in total. The molecule has 0 spiro atoms. The number of methoxy groups -OCH3 is 2. The second-order valence-corrected chi connectivity index (χ2v) is 6.42. The van der Waals surface area contributed by atoms with Gasteiger partial charge in [0.2, 0.25) is 5.91 Å². The predicted molar refractivity (Wildman–Crippen MR) is 106 cm³/mol. The summed E-state index contributed by atoms with van der Waals surface area (Å²) >= 11 is 0. The Morgan fingerprint density at radius 3 is 2.29 bits per heavy atom. The average Bonchev–Trinajstić information content (AvgIpc) is 2.66. The number of nitrogens with one attached hydrogen (secondary N) is 1. The molecule has 150 valence electrons. The van der Waals surface area contributed by atoms with Crippen molar-refractivity contribution < 1.29 is 28.9 Å². The first-order valence-corrected chi connectivity index (χ1v) is 8.88. The van der Waals surface area contributed by atoms with E-state index in [1.165, 1.54) is 12.1 Å². The molecule has 1 amide bonds. The van der Waals surface area contributed by atoms with Crippen LogP contribution in [0.25, 0.3) is 0 Å². The van der Waals surface area contributed by atoms with E-state index in [9.17, 15) is 14.7 Å². The molecular formula is C21H25NO6. The van der Waals surface area contributed by atoms with Crippen LogP contribution < -0.4 is 19.5 Å². The summed E-state index contributed by atoms with van der Waals surface area (Å²) < 4.78 is 16.1. The van der Waals surface area contributed by atoms with Crippen molar-refractivity contribution in [3.05, 3.63) is 47.5 Å². The van der Waals surface area contributed by atoms with Crippen LogP contribution in [0.5, 0.6) is 17.2 Å². The Labute approximate surface area is 164 Å². The molecule has 0 atom stereocenters. The summed E-state index contributed by atoms with van der Waals surface area (Å²) in [7, 11) is 3.12. The van der Waals surface area contributed by atoms with Gasteiger partial charge in [0.05, 0.1) is 31.6 Å². The number of ether oxygens (including phenoxy) is 3. The van der Waals surface area contributed by atoms with E-state index in [2.05, 4.69) is 5.32 Å². The van der Waals surface area contributed by atoms with Gasteiger partial charge in [-0.15, -0.1) is 0 Å². The van der Waals surface area contributed by atoms with Gasteiger partial charge in [-0.3, -0.25) is 4.79 Å². The maximum absolute atomic E-state index is 12.4. The van der Waals surface area contributed by atoms with E-state index in [4.69, 9.17) is 14.2 Å². The maximum atomic E-state index is 12.4. The smallest absolute Gasteiger partial charge is 0.335 e. The quantitative estimate of drug-likeness (QED) is 0.680. The van der Waals surface area contributed by atoms with Gasteiger partial charge < -0.3 is 24.6 Å². The van der Waals surface area contributed by atoms with Gasteiger partial charge in [-0.1, -0.05) is 6.07 Å². The lowest BCUT2D eigenvalue weighted by Crippen LogP contribution is -2.15. The fourth-order valence-corrected chi connectivity index (χ4v) is 2.62. The lowest BCUT2D eigenvalue weighted by atomic mass is 10.1. The molecule has 0 fully saturated rings. The zero-order valence-electron chi connectivity index (χ0n) is 16.4. The molecule has 0 saturated heterocycles. The molecule has 7 nitrogen and oxygen atoms in total. The van der Waals surface area contributed by atoms with Crippen LogP contribution >= 0.6 is 0 Å². The molecule has 28 heavy (non-hydrogen) atoms. The maximum Gasteiger partial charge on any atom is 0.335 e. The summed E-state index contributed by atoms with van der Waals surface area (Å²) in [6.45, 7) is 3.71. The number of aryl methyl sites for hydroxylation is 1. The van der Waals surface area contributed by atoms with Crippen LogP contribution in [0.15, 0.2) is 36.4 Å². The Morgan fingerprint density at radius 2 is 1.68 bits per heavy atom. The van der Waals surface area contributed by atoms with Crippen molar-refractivity contribution in [2.45, 2.75) is 32.8 Å². The molecular weight excluding hydrogens is 362 g/mol. The number of carbonyl (C=O) groups is 2. The van der Waals surface area contributed by atoms with Crippen molar-refractivity contribution in [2.24, 2.45) is 0 Å². The number of hydrogen-bond acceptors (Lipinski definition) is 5. The van der Waals surface area contributed by atoms with E-state index >= 15 is 0 Å². The van der Waals surface area contributed by atoms with Crippen molar-refractivity contribution in [1.29, 1.82) is 0 Å². The second kappa shape index (κ2) is 9.64. The van der Waals surface area contributed by atoms with Gasteiger partial charge in [-0.2, -0.15) is 0 Å². The van der Waals surface area contributed by atoms with E-state index in [1.807, 2.05) is 26.0 Å². The van der Waals surface area contributed by atoms with Gasteiger partial charge in [-0.05, 0) is 56.2 Å². The number of hydrogen-bond donors (Lipinski definition) is 2. The van der Waals surface area contributed by atoms with Crippen LogP contribution in [0.4, 0.5) is 5.69 Å². The van der Waals surface area contributed by atoms with Crippen molar-refractivity contribution in [2.75, 3.05) is 19.5 Å². The van der Waals surface area contributed by atoms with E-state index in [0.29, 0.717) is 29.4 Å². The Balaban J connectivity index is 2.09. The first kappa shape index (κ1) is 21.1. The Morgan fingerprint density at radius 1 is 1.00 bits per heavy atom. The lowest BCUT2D eigenvalue weighted by molar-refractivity contribution is -0.116. The third-order valence-electron chi connectivity index (χ3n) is 3.95. The van der Waals surface area contributed by atoms with Crippen LogP contribution in [0.1, 0.15) is 36.2 Å². The molecule has 0 bridgehead atoms. The monoisotopic (exact) mass is 387 g/mol. The van der Waals surface area contributed by atoms with Gasteiger partial charge >= 0.3 is 5.97 Å². The number of benzene rings is 2. The molecule has 0 heterocycles. The number of rotatable bonds is 9. The molecule has 0 aliphatic heterocycles. The first-order valence-electron chi connectivity index (χ1n) is 8.88. The highest BCUT2D eigenvalue weighted by Gasteiger charge is 2.14. The highest BCUT2D eigenvalue weighted by molar-refractivity contribution is 5.95. The molecule has 0 aliphatic rings. The molecule has 0 saturated carbocycles. The van der Waals surface area contributed by atoms with Crippen molar-refractivity contribution in [1.82, 2.24) is 0 Å². The van der Waals surface area contributed by atoms with Crippen molar-refractivity contribution in [3.8, 4) is 17.2 Å². The summed E-state index contributed by atoms with van der Waals surface area (Å²) in [5, 5.41) is 11.9. The molecule has 0 unspecified atom stereocenters. The van der Waals surface area contributed by atoms with E-state index < -0.39 is 5.97 Å². The molecule has 0 aromatic heterocycles. The summed E-state index contributed by atoms with van der Waals surface area (Å²) in [5.74, 6) is 0.334. The Hall–Kier alpha value is -3.22. The summed E-state index contributed by atoms with van der Waals surface area (Å²) in [6.07, 6.45) is 0.595. The fourth-order valence-electron chi connectivity index (χ4n) is 2.62. The van der Waals surface area contributed by atoms with Crippen LogP contribution in [0.2, 0.25) is 0 Å². The zero-order valence-corrected chi connectivity index (χ0v) is 16.4. The standard InChI is InChI=1S/C21H25NO6/c1-13(2)28-17-9-7-15(21(24)25)12-16(17)22-20(23)10-6-14-5-8-18(26-3)19(11-14)27-4/h5,7-9,11-13H,6,10H2,1-4H3,(H,22,23)(H,24,25).